The van der Waals surface area contributed by atoms with Gasteiger partial charge in [-0.15, -0.1) is 0 Å². The highest BCUT2D eigenvalue weighted by Crippen LogP contribution is 2.06. The molecule has 0 spiro atoms. The van der Waals surface area contributed by atoms with Crippen molar-refractivity contribution in [3.05, 3.63) is 0 Å². The molecule has 90 valence electrons. The van der Waals surface area contributed by atoms with Crippen molar-refractivity contribution in [3.63, 3.8) is 0 Å². The summed E-state index contributed by atoms with van der Waals surface area (Å²) in [4.78, 5) is 11.2. The first-order chi connectivity index (χ1) is 6.95. The summed E-state index contributed by atoms with van der Waals surface area (Å²) in [6.45, 7) is 6.87. The summed E-state index contributed by atoms with van der Waals surface area (Å²) in [6, 6.07) is 0. The molecule has 0 aliphatic carbocycles. The predicted molar refractivity (Wildman–Crippen MR) is 59.6 cm³/mol. The topological polar surface area (TPSA) is 61.5 Å². The lowest BCUT2D eigenvalue weighted by Gasteiger charge is -2.19. The fourth-order valence-electron chi connectivity index (χ4n) is 1.05. The largest absolute Gasteiger partial charge is 0.458 e. The molecule has 4 heteroatoms. The normalized spacial score (nSPS) is 11.5. The molecule has 4 nitrogen and oxygen atoms in total. The zero-order chi connectivity index (χ0) is 11.7. The van der Waals surface area contributed by atoms with Gasteiger partial charge in [0.15, 0.2) is 0 Å². The quantitative estimate of drug-likeness (QED) is 0.518. The van der Waals surface area contributed by atoms with Crippen molar-refractivity contribution in [1.82, 2.24) is 0 Å². The third-order valence-electron chi connectivity index (χ3n) is 1.63. The Balaban J connectivity index is 3.32. The van der Waals surface area contributed by atoms with Gasteiger partial charge < -0.3 is 15.2 Å². The highest BCUT2D eigenvalue weighted by atomic mass is 16.6. The molecule has 0 saturated carbocycles. The molecule has 0 aliphatic rings. The van der Waals surface area contributed by atoms with Crippen LogP contribution in [0.3, 0.4) is 0 Å². The van der Waals surface area contributed by atoms with Crippen LogP contribution in [0, 0.1) is 0 Å². The minimum atomic E-state index is -0.431. The number of esters is 1. The Morgan fingerprint density at radius 3 is 2.40 bits per heavy atom. The van der Waals surface area contributed by atoms with Gasteiger partial charge in [-0.1, -0.05) is 0 Å². The molecule has 2 N–H and O–H groups in total. The molecule has 0 bridgehead atoms. The highest BCUT2D eigenvalue weighted by Gasteiger charge is 2.15. The fraction of sp³-hybridized carbons (Fsp3) is 0.909. The SMILES string of the molecule is CC(C)(C)OC(=O)COCCCCCN. The first-order valence-electron chi connectivity index (χ1n) is 5.45. The Bertz CT molecular complexity index is 175. The van der Waals surface area contributed by atoms with E-state index in [0.29, 0.717) is 13.2 Å². The van der Waals surface area contributed by atoms with Gasteiger partial charge in [0.05, 0.1) is 0 Å². The van der Waals surface area contributed by atoms with Crippen molar-refractivity contribution in [1.29, 1.82) is 0 Å². The second-order valence-corrected chi connectivity index (χ2v) is 4.49. The van der Waals surface area contributed by atoms with Crippen LogP contribution in [0.5, 0.6) is 0 Å². The predicted octanol–water partition coefficient (Wildman–Crippen LogP) is 1.47. The summed E-state index contributed by atoms with van der Waals surface area (Å²) in [7, 11) is 0. The molecular formula is C11H23NO3. The summed E-state index contributed by atoms with van der Waals surface area (Å²) in [5.41, 5.74) is 4.92. The van der Waals surface area contributed by atoms with Crippen LogP contribution in [0.4, 0.5) is 0 Å². The van der Waals surface area contributed by atoms with Gasteiger partial charge in [-0.05, 0) is 46.6 Å². The fourth-order valence-corrected chi connectivity index (χ4v) is 1.05. The maximum atomic E-state index is 11.2. The molecule has 0 radical (unpaired) electrons. The second kappa shape index (κ2) is 7.65. The molecule has 0 rings (SSSR count). The van der Waals surface area contributed by atoms with E-state index in [0.717, 1.165) is 19.3 Å². The molecule has 0 fully saturated rings. The number of unbranched alkanes of at least 4 members (excludes halogenated alkanes) is 2. The smallest absolute Gasteiger partial charge is 0.332 e. The molecule has 0 heterocycles. The lowest BCUT2D eigenvalue weighted by atomic mass is 10.2. The molecular weight excluding hydrogens is 194 g/mol. The van der Waals surface area contributed by atoms with Crippen molar-refractivity contribution in [2.45, 2.75) is 45.6 Å². The number of hydrogen-bond donors (Lipinski definition) is 1. The minimum absolute atomic E-state index is 0.0416. The highest BCUT2D eigenvalue weighted by molar-refractivity contribution is 5.71. The first kappa shape index (κ1) is 14.4. The van der Waals surface area contributed by atoms with Gasteiger partial charge in [-0.3, -0.25) is 0 Å². The van der Waals surface area contributed by atoms with E-state index in [4.69, 9.17) is 15.2 Å². The Morgan fingerprint density at radius 1 is 1.20 bits per heavy atom. The Kier molecular flexibility index (Phi) is 7.34. The molecule has 0 aromatic rings. The van der Waals surface area contributed by atoms with Crippen LogP contribution in [0.15, 0.2) is 0 Å². The van der Waals surface area contributed by atoms with Crippen molar-refractivity contribution in [2.75, 3.05) is 19.8 Å². The molecule has 0 saturated heterocycles. The monoisotopic (exact) mass is 217 g/mol. The number of rotatable bonds is 7. The van der Waals surface area contributed by atoms with Gasteiger partial charge >= 0.3 is 5.97 Å². The van der Waals surface area contributed by atoms with E-state index in [-0.39, 0.29) is 12.6 Å². The average Bonchev–Trinajstić information content (AvgIpc) is 2.08. The van der Waals surface area contributed by atoms with Gasteiger partial charge in [0.25, 0.3) is 0 Å². The molecule has 0 amide bonds. The maximum Gasteiger partial charge on any atom is 0.332 e. The first-order valence-corrected chi connectivity index (χ1v) is 5.45. The summed E-state index contributed by atoms with van der Waals surface area (Å²) < 4.78 is 10.3. The lowest BCUT2D eigenvalue weighted by Crippen LogP contribution is -2.26. The van der Waals surface area contributed by atoms with E-state index in [2.05, 4.69) is 0 Å². The molecule has 0 atom stereocenters. The Morgan fingerprint density at radius 2 is 1.87 bits per heavy atom. The van der Waals surface area contributed by atoms with E-state index in [1.54, 1.807) is 0 Å². The number of nitrogens with two attached hydrogens (primary N) is 1. The minimum Gasteiger partial charge on any atom is -0.458 e. The molecule has 0 unspecified atom stereocenters. The van der Waals surface area contributed by atoms with E-state index in [1.807, 2.05) is 20.8 Å². The van der Waals surface area contributed by atoms with E-state index in [9.17, 15) is 4.79 Å². The van der Waals surface area contributed by atoms with Gasteiger partial charge in [0, 0.05) is 6.61 Å². The number of carbonyl (C=O) groups is 1. The number of ether oxygens (including phenoxy) is 2. The van der Waals surface area contributed by atoms with Crippen molar-refractivity contribution < 1.29 is 14.3 Å². The summed E-state index contributed by atoms with van der Waals surface area (Å²) in [5.74, 6) is -0.304. The lowest BCUT2D eigenvalue weighted by molar-refractivity contribution is -0.160. The van der Waals surface area contributed by atoms with Crippen molar-refractivity contribution in [2.24, 2.45) is 5.73 Å². The van der Waals surface area contributed by atoms with Crippen LogP contribution in [-0.2, 0) is 14.3 Å². The van der Waals surface area contributed by atoms with Gasteiger partial charge in [0.1, 0.15) is 12.2 Å². The van der Waals surface area contributed by atoms with Crippen molar-refractivity contribution in [3.8, 4) is 0 Å². The summed E-state index contributed by atoms with van der Waals surface area (Å²) in [5, 5.41) is 0. The zero-order valence-electron chi connectivity index (χ0n) is 10.0. The van der Waals surface area contributed by atoms with Crippen LogP contribution in [0.1, 0.15) is 40.0 Å². The van der Waals surface area contributed by atoms with Crippen molar-refractivity contribution >= 4 is 5.97 Å². The zero-order valence-corrected chi connectivity index (χ0v) is 10.0. The average molecular weight is 217 g/mol. The van der Waals surface area contributed by atoms with E-state index >= 15 is 0 Å². The van der Waals surface area contributed by atoms with Crippen LogP contribution in [0.25, 0.3) is 0 Å². The Labute approximate surface area is 92.1 Å². The third-order valence-corrected chi connectivity index (χ3v) is 1.63. The van der Waals surface area contributed by atoms with Gasteiger partial charge in [0.2, 0.25) is 0 Å². The third kappa shape index (κ3) is 11.3. The van der Waals surface area contributed by atoms with Gasteiger partial charge in [-0.25, -0.2) is 4.79 Å². The van der Waals surface area contributed by atoms with Crippen LogP contribution < -0.4 is 5.73 Å². The van der Waals surface area contributed by atoms with Crippen LogP contribution in [0.2, 0.25) is 0 Å². The maximum absolute atomic E-state index is 11.2. The summed E-state index contributed by atoms with van der Waals surface area (Å²) >= 11 is 0. The second-order valence-electron chi connectivity index (χ2n) is 4.49. The van der Waals surface area contributed by atoms with E-state index in [1.165, 1.54) is 0 Å². The van der Waals surface area contributed by atoms with Gasteiger partial charge in [-0.2, -0.15) is 0 Å². The molecule has 0 aromatic carbocycles. The number of carbonyl (C=O) groups excluding carboxylic acids is 1. The standard InChI is InChI=1S/C11H23NO3/c1-11(2,3)15-10(13)9-14-8-6-4-5-7-12/h4-9,12H2,1-3H3. The number of hydrogen-bond acceptors (Lipinski definition) is 4. The Hall–Kier alpha value is -0.610. The summed E-state index contributed by atoms with van der Waals surface area (Å²) in [6.07, 6.45) is 3.00. The molecule has 0 aliphatic heterocycles. The molecule has 15 heavy (non-hydrogen) atoms. The van der Waals surface area contributed by atoms with Crippen LogP contribution >= 0.6 is 0 Å². The molecule has 0 aromatic heterocycles. The van der Waals surface area contributed by atoms with Crippen LogP contribution in [-0.4, -0.2) is 31.3 Å². The van der Waals surface area contributed by atoms with E-state index < -0.39 is 5.60 Å².